The molecule has 0 spiro atoms. The third kappa shape index (κ3) is 7.30. The molecule has 186 valence electrons. The Morgan fingerprint density at radius 2 is 1.26 bits per heavy atom. The average molecular weight is 481 g/mol. The van der Waals surface area contributed by atoms with Crippen molar-refractivity contribution < 1.29 is 23.9 Å². The molecule has 9 heteroatoms. The number of benzene rings is 2. The Morgan fingerprint density at radius 3 is 1.71 bits per heavy atom. The first-order valence-electron chi connectivity index (χ1n) is 11.4. The Kier molecular flexibility index (Phi) is 7.48. The number of anilines is 1. The lowest BCUT2D eigenvalue weighted by atomic mass is 10.2. The van der Waals surface area contributed by atoms with Gasteiger partial charge in [-0.1, -0.05) is 18.2 Å². The van der Waals surface area contributed by atoms with Crippen LogP contribution in [0.4, 0.5) is 21.0 Å². The van der Waals surface area contributed by atoms with Crippen molar-refractivity contribution >= 4 is 35.4 Å². The van der Waals surface area contributed by atoms with Crippen LogP contribution in [0.2, 0.25) is 0 Å². The maximum atomic E-state index is 12.8. The second-order valence-electron chi connectivity index (χ2n) is 10.0. The van der Waals surface area contributed by atoms with Crippen LogP contribution in [0.15, 0.2) is 59.6 Å². The highest BCUT2D eigenvalue weighted by Crippen LogP contribution is 2.23. The standard InChI is InChI=1S/C26H32N4O5/c1-25(2,3)34-23(32)29-16-17-30(24(33)35-26(4,5)6)22(29)28-20-14-12-19(13-15-20)27-21(31)18-10-8-7-9-11-18/h7-15H,16-17H2,1-6H3,(H,27,31). The van der Waals surface area contributed by atoms with E-state index in [-0.39, 0.29) is 25.0 Å². The van der Waals surface area contributed by atoms with Crippen molar-refractivity contribution in [2.24, 2.45) is 4.99 Å². The summed E-state index contributed by atoms with van der Waals surface area (Å²) in [7, 11) is 0. The summed E-state index contributed by atoms with van der Waals surface area (Å²) in [6, 6.07) is 15.7. The van der Waals surface area contributed by atoms with E-state index in [9.17, 15) is 14.4 Å². The Morgan fingerprint density at radius 1 is 0.771 bits per heavy atom. The van der Waals surface area contributed by atoms with E-state index in [1.807, 2.05) is 6.07 Å². The van der Waals surface area contributed by atoms with Gasteiger partial charge in [-0.3, -0.25) is 4.79 Å². The molecular formula is C26H32N4O5. The van der Waals surface area contributed by atoms with E-state index in [0.29, 0.717) is 16.9 Å². The largest absolute Gasteiger partial charge is 0.443 e. The lowest BCUT2D eigenvalue weighted by Gasteiger charge is -2.27. The summed E-state index contributed by atoms with van der Waals surface area (Å²) < 4.78 is 11.0. The third-order valence-electron chi connectivity index (χ3n) is 4.65. The summed E-state index contributed by atoms with van der Waals surface area (Å²) in [5.41, 5.74) is 0.202. The molecule has 0 bridgehead atoms. The van der Waals surface area contributed by atoms with Gasteiger partial charge in [-0.15, -0.1) is 0 Å². The van der Waals surface area contributed by atoms with E-state index in [1.165, 1.54) is 9.80 Å². The summed E-state index contributed by atoms with van der Waals surface area (Å²) in [6.07, 6.45) is -1.21. The monoisotopic (exact) mass is 480 g/mol. The molecule has 0 aliphatic carbocycles. The molecule has 2 aromatic carbocycles. The van der Waals surface area contributed by atoms with Crippen LogP contribution in [0.5, 0.6) is 0 Å². The number of nitrogens with zero attached hydrogens (tertiary/aromatic N) is 3. The number of hydrogen-bond donors (Lipinski definition) is 1. The van der Waals surface area contributed by atoms with Crippen molar-refractivity contribution in [3.8, 4) is 0 Å². The number of guanidine groups is 1. The maximum absolute atomic E-state index is 12.8. The average Bonchev–Trinajstić information content (AvgIpc) is 3.17. The third-order valence-corrected chi connectivity index (χ3v) is 4.65. The number of carbonyl (C=O) groups excluding carboxylic acids is 3. The summed E-state index contributed by atoms with van der Waals surface area (Å²) in [5, 5.41) is 2.83. The van der Waals surface area contributed by atoms with Crippen LogP contribution in [0.3, 0.4) is 0 Å². The number of aliphatic imine (C=N–C) groups is 1. The van der Waals surface area contributed by atoms with Crippen molar-refractivity contribution in [2.45, 2.75) is 52.7 Å². The van der Waals surface area contributed by atoms with E-state index in [2.05, 4.69) is 10.3 Å². The summed E-state index contributed by atoms with van der Waals surface area (Å²) in [5.74, 6) is -0.109. The molecule has 1 saturated heterocycles. The lowest BCUT2D eigenvalue weighted by molar-refractivity contribution is 0.0374. The minimum Gasteiger partial charge on any atom is -0.443 e. The van der Waals surface area contributed by atoms with Gasteiger partial charge in [0.2, 0.25) is 5.96 Å². The van der Waals surface area contributed by atoms with Gasteiger partial charge in [-0.05, 0) is 77.9 Å². The molecular weight excluding hydrogens is 448 g/mol. The highest BCUT2D eigenvalue weighted by atomic mass is 16.6. The lowest BCUT2D eigenvalue weighted by Crippen LogP contribution is -2.44. The highest BCUT2D eigenvalue weighted by molar-refractivity contribution is 6.05. The molecule has 1 N–H and O–H groups in total. The molecule has 2 aromatic rings. The minimum atomic E-state index is -0.708. The zero-order valence-electron chi connectivity index (χ0n) is 21.0. The molecule has 35 heavy (non-hydrogen) atoms. The first kappa shape index (κ1) is 25.7. The van der Waals surface area contributed by atoms with Crippen LogP contribution in [-0.2, 0) is 9.47 Å². The Labute approximate surface area is 205 Å². The summed E-state index contributed by atoms with van der Waals surface area (Å²) in [6.45, 7) is 11.1. The van der Waals surface area contributed by atoms with Crippen LogP contribution >= 0.6 is 0 Å². The highest BCUT2D eigenvalue weighted by Gasteiger charge is 2.39. The van der Waals surface area contributed by atoms with E-state index in [1.54, 1.807) is 90.1 Å². The second-order valence-corrected chi connectivity index (χ2v) is 10.0. The minimum absolute atomic E-state index is 0.120. The molecule has 9 nitrogen and oxygen atoms in total. The fourth-order valence-corrected chi connectivity index (χ4v) is 3.17. The van der Waals surface area contributed by atoms with Crippen LogP contribution in [0, 0.1) is 0 Å². The van der Waals surface area contributed by atoms with Crippen molar-refractivity contribution in [1.29, 1.82) is 0 Å². The summed E-state index contributed by atoms with van der Waals surface area (Å²) in [4.78, 5) is 45.2. The van der Waals surface area contributed by atoms with Crippen LogP contribution in [0.25, 0.3) is 0 Å². The molecule has 0 radical (unpaired) electrons. The topological polar surface area (TPSA) is 101 Å². The van der Waals surface area contributed by atoms with Crippen molar-refractivity contribution in [3.63, 3.8) is 0 Å². The molecule has 1 heterocycles. The Bertz CT molecular complexity index is 1060. The van der Waals surface area contributed by atoms with Crippen LogP contribution in [-0.4, -0.2) is 58.1 Å². The summed E-state index contributed by atoms with van der Waals surface area (Å²) >= 11 is 0. The fourth-order valence-electron chi connectivity index (χ4n) is 3.17. The zero-order chi connectivity index (χ0) is 25.8. The Balaban J connectivity index is 1.84. The molecule has 3 amide bonds. The van der Waals surface area contributed by atoms with Gasteiger partial charge in [-0.2, -0.15) is 0 Å². The SMILES string of the molecule is CC(C)(C)OC(=O)N1CCN(C(=O)OC(C)(C)C)C1=Nc1ccc(NC(=O)c2ccccc2)cc1. The number of nitrogens with one attached hydrogen (secondary N) is 1. The van der Waals surface area contributed by atoms with Crippen molar-refractivity contribution in [3.05, 3.63) is 60.2 Å². The van der Waals surface area contributed by atoms with E-state index in [0.717, 1.165) is 0 Å². The molecule has 0 saturated carbocycles. The van der Waals surface area contributed by atoms with Gasteiger partial charge >= 0.3 is 12.2 Å². The normalized spacial score (nSPS) is 13.9. The predicted molar refractivity (Wildman–Crippen MR) is 134 cm³/mol. The molecule has 1 aliphatic rings. The van der Waals surface area contributed by atoms with Gasteiger partial charge in [0.15, 0.2) is 0 Å². The van der Waals surface area contributed by atoms with E-state index >= 15 is 0 Å². The van der Waals surface area contributed by atoms with Crippen molar-refractivity contribution in [2.75, 3.05) is 18.4 Å². The Hall–Kier alpha value is -3.88. The van der Waals surface area contributed by atoms with Gasteiger partial charge in [-0.25, -0.2) is 24.4 Å². The number of ether oxygens (including phenoxy) is 2. The quantitative estimate of drug-likeness (QED) is 0.633. The van der Waals surface area contributed by atoms with Gasteiger partial charge in [0.1, 0.15) is 11.2 Å². The van der Waals surface area contributed by atoms with Crippen molar-refractivity contribution in [1.82, 2.24) is 9.80 Å². The zero-order valence-corrected chi connectivity index (χ0v) is 21.0. The fraction of sp³-hybridized carbons (Fsp3) is 0.385. The van der Waals surface area contributed by atoms with Crippen LogP contribution < -0.4 is 5.32 Å². The number of amides is 3. The van der Waals surface area contributed by atoms with E-state index in [4.69, 9.17) is 9.47 Å². The molecule has 1 fully saturated rings. The predicted octanol–water partition coefficient (Wildman–Crippen LogP) is 5.41. The molecule has 0 atom stereocenters. The number of hydrogen-bond acceptors (Lipinski definition) is 6. The van der Waals surface area contributed by atoms with Gasteiger partial charge < -0.3 is 14.8 Å². The first-order valence-corrected chi connectivity index (χ1v) is 11.4. The molecule has 0 aromatic heterocycles. The molecule has 3 rings (SSSR count). The number of rotatable bonds is 3. The van der Waals surface area contributed by atoms with Crippen LogP contribution in [0.1, 0.15) is 51.9 Å². The maximum Gasteiger partial charge on any atom is 0.417 e. The van der Waals surface area contributed by atoms with Gasteiger partial charge in [0.25, 0.3) is 5.91 Å². The first-order chi connectivity index (χ1) is 16.3. The van der Waals surface area contributed by atoms with E-state index < -0.39 is 23.4 Å². The molecule has 1 aliphatic heterocycles. The van der Waals surface area contributed by atoms with Gasteiger partial charge in [0.05, 0.1) is 18.8 Å². The number of carbonyl (C=O) groups is 3. The smallest absolute Gasteiger partial charge is 0.417 e. The molecule has 0 unspecified atom stereocenters. The van der Waals surface area contributed by atoms with Gasteiger partial charge in [0, 0.05) is 11.3 Å². The second kappa shape index (κ2) is 10.2.